The van der Waals surface area contributed by atoms with Crippen LogP contribution >= 0.6 is 0 Å². The number of nitrogens with one attached hydrogen (secondary N) is 2. The summed E-state index contributed by atoms with van der Waals surface area (Å²) in [7, 11) is 0. The second-order valence-electron chi connectivity index (χ2n) is 6.39. The predicted molar refractivity (Wildman–Crippen MR) is 98.5 cm³/mol. The molecular formula is C19H25N3O4. The van der Waals surface area contributed by atoms with Crippen LogP contribution in [0.15, 0.2) is 34.9 Å². The van der Waals surface area contributed by atoms with Crippen LogP contribution in [0.3, 0.4) is 0 Å². The van der Waals surface area contributed by atoms with Crippen molar-refractivity contribution < 1.29 is 18.8 Å². The van der Waals surface area contributed by atoms with E-state index in [0.29, 0.717) is 24.6 Å². The summed E-state index contributed by atoms with van der Waals surface area (Å²) in [5, 5.41) is 9.76. The fraction of sp³-hybridized carbons (Fsp3) is 0.474. The number of aryl methyl sites for hydroxylation is 1. The minimum absolute atomic E-state index is 0.153. The van der Waals surface area contributed by atoms with Crippen molar-refractivity contribution in [3.05, 3.63) is 36.1 Å². The quantitative estimate of drug-likeness (QED) is 0.752. The Morgan fingerprint density at radius 3 is 2.81 bits per heavy atom. The third-order valence-electron chi connectivity index (χ3n) is 4.26. The minimum atomic E-state index is -0.370. The molecule has 2 unspecified atom stereocenters. The molecule has 2 heterocycles. The molecule has 7 nitrogen and oxygen atoms in total. The van der Waals surface area contributed by atoms with Crippen LogP contribution in [0.2, 0.25) is 0 Å². The largest absolute Gasteiger partial charge is 0.491 e. The lowest BCUT2D eigenvalue weighted by Crippen LogP contribution is -2.34. The van der Waals surface area contributed by atoms with Gasteiger partial charge in [0.15, 0.2) is 5.82 Å². The predicted octanol–water partition coefficient (Wildman–Crippen LogP) is 3.37. The first kappa shape index (κ1) is 18.3. The molecule has 26 heavy (non-hydrogen) atoms. The van der Waals surface area contributed by atoms with Crippen molar-refractivity contribution in [3.8, 4) is 5.75 Å². The molecule has 1 fully saturated rings. The van der Waals surface area contributed by atoms with E-state index in [0.717, 1.165) is 30.9 Å². The minimum Gasteiger partial charge on any atom is -0.491 e. The van der Waals surface area contributed by atoms with E-state index in [1.807, 2.05) is 31.2 Å². The standard InChI is InChI=1S/C19H25N3O4/c1-3-17(19(23)21-18-11-13(2)26-22-18)20-14-6-8-15(9-7-14)25-12-16-5-4-10-24-16/h6-9,11,16-17,20H,3-5,10,12H2,1-2H3,(H,21,22,23). The summed E-state index contributed by atoms with van der Waals surface area (Å²) in [5.74, 6) is 1.71. The normalized spacial score (nSPS) is 17.7. The topological polar surface area (TPSA) is 85.6 Å². The highest BCUT2D eigenvalue weighted by Gasteiger charge is 2.18. The first-order valence-corrected chi connectivity index (χ1v) is 8.99. The average molecular weight is 359 g/mol. The first-order chi connectivity index (χ1) is 12.6. The Balaban J connectivity index is 1.51. The maximum absolute atomic E-state index is 12.4. The number of aromatic nitrogens is 1. The number of hydrogen-bond donors (Lipinski definition) is 2. The van der Waals surface area contributed by atoms with Gasteiger partial charge >= 0.3 is 0 Å². The van der Waals surface area contributed by atoms with Gasteiger partial charge < -0.3 is 24.6 Å². The fourth-order valence-corrected chi connectivity index (χ4v) is 2.81. The molecule has 1 saturated heterocycles. The van der Waals surface area contributed by atoms with Gasteiger partial charge in [0.05, 0.1) is 6.10 Å². The van der Waals surface area contributed by atoms with Crippen LogP contribution in [-0.2, 0) is 9.53 Å². The van der Waals surface area contributed by atoms with E-state index >= 15 is 0 Å². The molecule has 0 bridgehead atoms. The van der Waals surface area contributed by atoms with Gasteiger partial charge in [-0.1, -0.05) is 12.1 Å². The molecule has 2 N–H and O–H groups in total. The van der Waals surface area contributed by atoms with Crippen molar-refractivity contribution in [2.75, 3.05) is 23.8 Å². The number of ether oxygens (including phenoxy) is 2. The van der Waals surface area contributed by atoms with Crippen LogP contribution in [0.5, 0.6) is 5.75 Å². The fourth-order valence-electron chi connectivity index (χ4n) is 2.81. The SMILES string of the molecule is CCC(Nc1ccc(OCC2CCCO2)cc1)C(=O)Nc1cc(C)on1. The number of hydrogen-bond acceptors (Lipinski definition) is 6. The molecule has 3 rings (SSSR count). The molecule has 0 radical (unpaired) electrons. The third kappa shape index (κ3) is 4.98. The van der Waals surface area contributed by atoms with E-state index in [9.17, 15) is 4.79 Å². The van der Waals surface area contributed by atoms with Gasteiger partial charge in [-0.2, -0.15) is 0 Å². The summed E-state index contributed by atoms with van der Waals surface area (Å²) in [6, 6.07) is 8.91. The van der Waals surface area contributed by atoms with Crippen LogP contribution in [-0.4, -0.2) is 36.4 Å². The van der Waals surface area contributed by atoms with Gasteiger partial charge in [-0.05, 0) is 50.5 Å². The maximum Gasteiger partial charge on any atom is 0.248 e. The van der Waals surface area contributed by atoms with E-state index in [4.69, 9.17) is 14.0 Å². The van der Waals surface area contributed by atoms with Crippen LogP contribution in [0.25, 0.3) is 0 Å². The lowest BCUT2D eigenvalue weighted by atomic mass is 10.2. The lowest BCUT2D eigenvalue weighted by molar-refractivity contribution is -0.117. The molecular weight excluding hydrogens is 334 g/mol. The molecule has 1 aromatic carbocycles. The van der Waals surface area contributed by atoms with Gasteiger partial charge in [0.25, 0.3) is 0 Å². The zero-order chi connectivity index (χ0) is 18.4. The van der Waals surface area contributed by atoms with E-state index < -0.39 is 0 Å². The highest BCUT2D eigenvalue weighted by Crippen LogP contribution is 2.19. The lowest BCUT2D eigenvalue weighted by Gasteiger charge is -2.17. The summed E-state index contributed by atoms with van der Waals surface area (Å²) in [5.41, 5.74) is 0.854. The first-order valence-electron chi connectivity index (χ1n) is 8.99. The van der Waals surface area contributed by atoms with Crippen molar-refractivity contribution in [2.45, 2.75) is 45.3 Å². The van der Waals surface area contributed by atoms with Crippen molar-refractivity contribution in [2.24, 2.45) is 0 Å². The Morgan fingerprint density at radius 2 is 2.19 bits per heavy atom. The average Bonchev–Trinajstić information content (AvgIpc) is 3.30. The second kappa shape index (κ2) is 8.71. The van der Waals surface area contributed by atoms with Gasteiger partial charge in [-0.25, -0.2) is 0 Å². The number of carbonyl (C=O) groups is 1. The Kier molecular flexibility index (Phi) is 6.12. The summed E-state index contributed by atoms with van der Waals surface area (Å²) in [4.78, 5) is 12.4. The zero-order valence-electron chi connectivity index (χ0n) is 15.2. The van der Waals surface area contributed by atoms with Gasteiger partial charge in [-0.3, -0.25) is 4.79 Å². The zero-order valence-corrected chi connectivity index (χ0v) is 15.2. The van der Waals surface area contributed by atoms with E-state index in [-0.39, 0.29) is 18.1 Å². The monoisotopic (exact) mass is 359 g/mol. The Morgan fingerprint density at radius 1 is 1.38 bits per heavy atom. The van der Waals surface area contributed by atoms with Gasteiger partial charge in [0.1, 0.15) is 24.2 Å². The molecule has 0 saturated carbocycles. The highest BCUT2D eigenvalue weighted by atomic mass is 16.5. The number of carbonyl (C=O) groups excluding carboxylic acids is 1. The third-order valence-corrected chi connectivity index (χ3v) is 4.26. The Hall–Kier alpha value is -2.54. The van der Waals surface area contributed by atoms with Crippen molar-refractivity contribution in [1.82, 2.24) is 5.16 Å². The van der Waals surface area contributed by atoms with Gasteiger partial charge in [0.2, 0.25) is 5.91 Å². The number of anilines is 2. The van der Waals surface area contributed by atoms with E-state index in [1.54, 1.807) is 13.0 Å². The molecule has 7 heteroatoms. The van der Waals surface area contributed by atoms with Gasteiger partial charge in [0, 0.05) is 18.4 Å². The molecule has 0 spiro atoms. The number of amides is 1. The van der Waals surface area contributed by atoms with E-state index in [1.165, 1.54) is 0 Å². The molecule has 2 aromatic rings. The van der Waals surface area contributed by atoms with Crippen LogP contribution in [0, 0.1) is 6.92 Å². The van der Waals surface area contributed by atoms with Crippen molar-refractivity contribution in [1.29, 1.82) is 0 Å². The molecule has 1 amide bonds. The second-order valence-corrected chi connectivity index (χ2v) is 6.39. The summed E-state index contributed by atoms with van der Waals surface area (Å²) < 4.78 is 16.3. The maximum atomic E-state index is 12.4. The number of benzene rings is 1. The summed E-state index contributed by atoms with van der Waals surface area (Å²) in [6.45, 7) is 5.13. The number of nitrogens with zero attached hydrogens (tertiary/aromatic N) is 1. The Labute approximate surface area is 153 Å². The molecule has 1 aliphatic heterocycles. The molecule has 0 aliphatic carbocycles. The molecule has 140 valence electrons. The smallest absolute Gasteiger partial charge is 0.248 e. The summed E-state index contributed by atoms with van der Waals surface area (Å²) in [6.07, 6.45) is 2.99. The Bertz CT molecular complexity index is 708. The highest BCUT2D eigenvalue weighted by molar-refractivity contribution is 5.95. The number of rotatable bonds is 8. The van der Waals surface area contributed by atoms with Crippen molar-refractivity contribution >= 4 is 17.4 Å². The van der Waals surface area contributed by atoms with Crippen LogP contribution in [0.1, 0.15) is 31.9 Å². The molecule has 1 aromatic heterocycles. The van der Waals surface area contributed by atoms with Gasteiger partial charge in [-0.15, -0.1) is 0 Å². The van der Waals surface area contributed by atoms with Crippen molar-refractivity contribution in [3.63, 3.8) is 0 Å². The van der Waals surface area contributed by atoms with E-state index in [2.05, 4.69) is 15.8 Å². The summed E-state index contributed by atoms with van der Waals surface area (Å²) >= 11 is 0. The molecule has 1 aliphatic rings. The van der Waals surface area contributed by atoms with Crippen LogP contribution < -0.4 is 15.4 Å². The van der Waals surface area contributed by atoms with Crippen LogP contribution in [0.4, 0.5) is 11.5 Å². The molecule has 2 atom stereocenters.